The van der Waals surface area contributed by atoms with E-state index in [1.807, 2.05) is 0 Å². The third-order valence-electron chi connectivity index (χ3n) is 1.39. The second-order valence-corrected chi connectivity index (χ2v) is 4.98. The molecule has 0 radical (unpaired) electrons. The number of Topliss-reactive ketones (excluding diaryl/α,β-unsaturated/α-hetero) is 1. The van der Waals surface area contributed by atoms with E-state index in [1.165, 1.54) is 23.1 Å². The van der Waals surface area contributed by atoms with E-state index in [4.69, 9.17) is 4.74 Å². The molecular formula is C8H13N3O2S2. The van der Waals surface area contributed by atoms with E-state index in [0.29, 0.717) is 18.9 Å². The molecule has 0 aliphatic heterocycles. The predicted molar refractivity (Wildman–Crippen MR) is 61.7 cm³/mol. The minimum absolute atomic E-state index is 0.143. The van der Waals surface area contributed by atoms with E-state index in [-0.39, 0.29) is 5.78 Å². The van der Waals surface area contributed by atoms with Crippen molar-refractivity contribution >= 4 is 34.0 Å². The monoisotopic (exact) mass is 247 g/mol. The van der Waals surface area contributed by atoms with Gasteiger partial charge in [0.1, 0.15) is 5.78 Å². The lowest BCUT2D eigenvalue weighted by Crippen LogP contribution is -2.06. The molecule has 0 aliphatic rings. The molecule has 0 aliphatic carbocycles. The van der Waals surface area contributed by atoms with Gasteiger partial charge in [0.25, 0.3) is 0 Å². The zero-order valence-electron chi connectivity index (χ0n) is 8.65. The third kappa shape index (κ3) is 5.10. The number of anilines is 1. The fraction of sp³-hybridized carbons (Fsp3) is 0.625. The normalized spacial score (nSPS) is 10.3. The molecule has 5 nitrogen and oxygen atoms in total. The van der Waals surface area contributed by atoms with Crippen molar-refractivity contribution in [1.29, 1.82) is 0 Å². The summed E-state index contributed by atoms with van der Waals surface area (Å²) in [5.41, 5.74) is 0. The van der Waals surface area contributed by atoms with Gasteiger partial charge in [-0.05, 0) is 6.92 Å². The van der Waals surface area contributed by atoms with Crippen molar-refractivity contribution in [1.82, 2.24) is 10.2 Å². The molecule has 0 bridgehead atoms. The Morgan fingerprint density at radius 3 is 3.07 bits per heavy atom. The van der Waals surface area contributed by atoms with E-state index in [0.717, 1.165) is 9.47 Å². The minimum atomic E-state index is 0.143. The summed E-state index contributed by atoms with van der Waals surface area (Å²) in [6, 6.07) is 0. The maximum absolute atomic E-state index is 10.7. The van der Waals surface area contributed by atoms with Gasteiger partial charge in [0.15, 0.2) is 4.34 Å². The summed E-state index contributed by atoms with van der Waals surface area (Å²) in [5.74, 6) is 0.594. The molecule has 15 heavy (non-hydrogen) atoms. The van der Waals surface area contributed by atoms with Crippen LogP contribution in [0.1, 0.15) is 6.92 Å². The number of nitrogens with zero attached hydrogens (tertiary/aromatic N) is 2. The summed E-state index contributed by atoms with van der Waals surface area (Å²) >= 11 is 2.86. The van der Waals surface area contributed by atoms with Gasteiger partial charge in [0.05, 0.1) is 12.4 Å². The number of hydrogen-bond acceptors (Lipinski definition) is 7. The molecule has 1 N–H and O–H groups in total. The molecule has 1 aromatic heterocycles. The Bertz CT molecular complexity index is 317. The lowest BCUT2D eigenvalue weighted by Gasteiger charge is -1.98. The van der Waals surface area contributed by atoms with Crippen molar-refractivity contribution in [2.24, 2.45) is 0 Å². The van der Waals surface area contributed by atoms with Crippen LogP contribution in [-0.4, -0.2) is 42.0 Å². The van der Waals surface area contributed by atoms with Crippen molar-refractivity contribution < 1.29 is 9.53 Å². The fourth-order valence-electron chi connectivity index (χ4n) is 0.763. The maximum atomic E-state index is 10.7. The third-order valence-corrected chi connectivity index (χ3v) is 3.55. The first kappa shape index (κ1) is 12.4. The summed E-state index contributed by atoms with van der Waals surface area (Å²) in [6.45, 7) is 2.91. The van der Waals surface area contributed by atoms with Crippen LogP contribution in [0.5, 0.6) is 0 Å². The number of carbonyl (C=O) groups is 1. The first-order valence-corrected chi connectivity index (χ1v) is 6.21. The summed E-state index contributed by atoms with van der Waals surface area (Å²) in [7, 11) is 1.65. The standard InChI is InChI=1S/C8H13N3O2S2/c1-6(12)5-14-8-11-10-7(15-8)9-3-4-13-2/h3-5H2,1-2H3,(H,9,10). The highest BCUT2D eigenvalue weighted by Crippen LogP contribution is 2.24. The van der Waals surface area contributed by atoms with Crippen LogP contribution in [0.3, 0.4) is 0 Å². The molecule has 84 valence electrons. The quantitative estimate of drug-likeness (QED) is 0.578. The van der Waals surface area contributed by atoms with E-state index < -0.39 is 0 Å². The number of hydrogen-bond donors (Lipinski definition) is 1. The molecule has 1 aromatic rings. The van der Waals surface area contributed by atoms with Crippen LogP contribution in [0.2, 0.25) is 0 Å². The number of carbonyl (C=O) groups excluding carboxylic acids is 1. The van der Waals surface area contributed by atoms with Gasteiger partial charge in [0.2, 0.25) is 5.13 Å². The van der Waals surface area contributed by atoms with Gasteiger partial charge in [-0.25, -0.2) is 0 Å². The second-order valence-electron chi connectivity index (χ2n) is 2.78. The topological polar surface area (TPSA) is 64.1 Å². The molecule has 1 rings (SSSR count). The molecule has 0 saturated heterocycles. The van der Waals surface area contributed by atoms with Crippen LogP contribution < -0.4 is 5.32 Å². The van der Waals surface area contributed by atoms with Gasteiger partial charge in [-0.2, -0.15) is 0 Å². The summed E-state index contributed by atoms with van der Waals surface area (Å²) in [4.78, 5) is 10.7. The van der Waals surface area contributed by atoms with Crippen LogP contribution in [0.25, 0.3) is 0 Å². The first-order chi connectivity index (χ1) is 7.22. The number of methoxy groups -OCH3 is 1. The molecule has 0 aromatic carbocycles. The lowest BCUT2D eigenvalue weighted by molar-refractivity contribution is -0.114. The van der Waals surface area contributed by atoms with Crippen molar-refractivity contribution in [3.8, 4) is 0 Å². The number of ketones is 1. The highest BCUT2D eigenvalue weighted by atomic mass is 32.2. The zero-order chi connectivity index (χ0) is 11.1. The van der Waals surface area contributed by atoms with Crippen LogP contribution in [-0.2, 0) is 9.53 Å². The molecule has 0 amide bonds. The van der Waals surface area contributed by atoms with Gasteiger partial charge < -0.3 is 10.1 Å². The van der Waals surface area contributed by atoms with E-state index >= 15 is 0 Å². The Hall–Kier alpha value is -0.660. The van der Waals surface area contributed by atoms with Crippen molar-refractivity contribution in [2.75, 3.05) is 31.3 Å². The van der Waals surface area contributed by atoms with Gasteiger partial charge in [0, 0.05) is 13.7 Å². The average Bonchev–Trinajstić information content (AvgIpc) is 2.63. The average molecular weight is 247 g/mol. The smallest absolute Gasteiger partial charge is 0.206 e. The zero-order valence-corrected chi connectivity index (χ0v) is 10.3. The van der Waals surface area contributed by atoms with Gasteiger partial charge in [-0.3, -0.25) is 4.79 Å². The van der Waals surface area contributed by atoms with E-state index in [1.54, 1.807) is 14.0 Å². The van der Waals surface area contributed by atoms with Crippen molar-refractivity contribution in [2.45, 2.75) is 11.3 Å². The Morgan fingerprint density at radius 1 is 1.60 bits per heavy atom. The van der Waals surface area contributed by atoms with Crippen LogP contribution >= 0.6 is 23.1 Å². The highest BCUT2D eigenvalue weighted by molar-refractivity contribution is 8.01. The molecule has 0 spiro atoms. The summed E-state index contributed by atoms with van der Waals surface area (Å²) in [6.07, 6.45) is 0. The number of ether oxygens (including phenoxy) is 1. The first-order valence-electron chi connectivity index (χ1n) is 4.41. The Kier molecular flexibility index (Phi) is 5.59. The van der Waals surface area contributed by atoms with Crippen LogP contribution in [0.15, 0.2) is 4.34 Å². The maximum Gasteiger partial charge on any atom is 0.206 e. The van der Waals surface area contributed by atoms with Gasteiger partial charge in [-0.15, -0.1) is 10.2 Å². The largest absolute Gasteiger partial charge is 0.383 e. The van der Waals surface area contributed by atoms with Gasteiger partial charge >= 0.3 is 0 Å². The van der Waals surface area contributed by atoms with E-state index in [9.17, 15) is 4.79 Å². The Balaban J connectivity index is 2.32. The van der Waals surface area contributed by atoms with Crippen LogP contribution in [0, 0.1) is 0 Å². The SMILES string of the molecule is COCCNc1nnc(SCC(C)=O)s1. The molecule has 0 saturated carbocycles. The Morgan fingerprint density at radius 2 is 2.40 bits per heavy atom. The molecule has 1 heterocycles. The number of rotatable bonds is 7. The molecule has 0 atom stereocenters. The molecule has 0 unspecified atom stereocenters. The highest BCUT2D eigenvalue weighted by Gasteiger charge is 2.04. The second kappa shape index (κ2) is 6.76. The van der Waals surface area contributed by atoms with Crippen molar-refractivity contribution in [3.05, 3.63) is 0 Å². The lowest BCUT2D eigenvalue weighted by atomic mass is 10.5. The number of nitrogens with one attached hydrogen (secondary N) is 1. The summed E-state index contributed by atoms with van der Waals surface area (Å²) in [5, 5.41) is 11.7. The number of aromatic nitrogens is 2. The van der Waals surface area contributed by atoms with Gasteiger partial charge in [-0.1, -0.05) is 23.1 Å². The molecular weight excluding hydrogens is 234 g/mol. The molecule has 0 fully saturated rings. The summed E-state index contributed by atoms with van der Waals surface area (Å²) < 4.78 is 5.70. The number of thioether (sulfide) groups is 1. The van der Waals surface area contributed by atoms with E-state index in [2.05, 4.69) is 15.5 Å². The fourth-order valence-corrected chi connectivity index (χ4v) is 2.34. The minimum Gasteiger partial charge on any atom is -0.383 e. The van der Waals surface area contributed by atoms with Crippen molar-refractivity contribution in [3.63, 3.8) is 0 Å². The molecule has 7 heteroatoms. The Labute approximate surface area is 96.6 Å². The van der Waals surface area contributed by atoms with Crippen LogP contribution in [0.4, 0.5) is 5.13 Å². The predicted octanol–water partition coefficient (Wildman–Crippen LogP) is 1.28.